The largest absolute Gasteiger partial charge is 0.493 e. The average molecular weight is 252 g/mol. The summed E-state index contributed by atoms with van der Waals surface area (Å²) in [6, 6.07) is 6.16. The van der Waals surface area contributed by atoms with Gasteiger partial charge in [0.15, 0.2) is 16.6 Å². The van der Waals surface area contributed by atoms with Crippen LogP contribution in [0, 0.1) is 0 Å². The van der Waals surface area contributed by atoms with Gasteiger partial charge in [-0.05, 0) is 37.2 Å². The van der Waals surface area contributed by atoms with Gasteiger partial charge in [-0.3, -0.25) is 0 Å². The van der Waals surface area contributed by atoms with Crippen LogP contribution < -0.4 is 20.1 Å². The first-order valence-corrected chi connectivity index (χ1v) is 5.93. The fraction of sp³-hybridized carbons (Fsp3) is 0.417. The van der Waals surface area contributed by atoms with E-state index in [1.807, 2.05) is 18.2 Å². The molecule has 0 saturated heterocycles. The summed E-state index contributed by atoms with van der Waals surface area (Å²) in [6.07, 6.45) is 2.40. The van der Waals surface area contributed by atoms with E-state index >= 15 is 0 Å². The topological polar surface area (TPSA) is 42.5 Å². The molecule has 0 amide bonds. The molecule has 1 fully saturated rings. The number of thiocarbonyl (C=S) groups is 1. The lowest BCUT2D eigenvalue weighted by molar-refractivity contribution is 0.355. The zero-order chi connectivity index (χ0) is 12.3. The van der Waals surface area contributed by atoms with Crippen molar-refractivity contribution in [3.8, 4) is 11.5 Å². The van der Waals surface area contributed by atoms with Gasteiger partial charge in [-0.15, -0.1) is 0 Å². The number of benzene rings is 1. The van der Waals surface area contributed by atoms with Crippen LogP contribution in [0.1, 0.15) is 12.8 Å². The standard InChI is InChI=1S/C12H16N2O2S/c1-15-10-6-5-9(7-11(10)16-2)14-12(17)13-8-3-4-8/h5-8H,3-4H2,1-2H3,(H2,13,14,17). The second-order valence-electron chi connectivity index (χ2n) is 3.94. The molecule has 5 heteroatoms. The van der Waals surface area contributed by atoms with Gasteiger partial charge < -0.3 is 20.1 Å². The van der Waals surface area contributed by atoms with Crippen molar-refractivity contribution in [2.24, 2.45) is 0 Å². The van der Waals surface area contributed by atoms with Crippen LogP contribution in [-0.4, -0.2) is 25.4 Å². The Kier molecular flexibility index (Phi) is 3.68. The van der Waals surface area contributed by atoms with E-state index in [1.165, 1.54) is 12.8 Å². The van der Waals surface area contributed by atoms with Crippen LogP contribution in [0.25, 0.3) is 0 Å². The van der Waals surface area contributed by atoms with E-state index in [1.54, 1.807) is 14.2 Å². The molecule has 1 aromatic rings. The minimum Gasteiger partial charge on any atom is -0.493 e. The van der Waals surface area contributed by atoms with Crippen molar-refractivity contribution in [1.29, 1.82) is 0 Å². The van der Waals surface area contributed by atoms with E-state index in [4.69, 9.17) is 21.7 Å². The molecule has 1 aromatic carbocycles. The van der Waals surface area contributed by atoms with Crippen LogP contribution in [0.15, 0.2) is 18.2 Å². The first-order chi connectivity index (χ1) is 8.22. The second-order valence-corrected chi connectivity index (χ2v) is 4.35. The Morgan fingerprint density at radius 3 is 2.53 bits per heavy atom. The maximum absolute atomic E-state index is 5.22. The number of hydrogen-bond donors (Lipinski definition) is 2. The SMILES string of the molecule is COc1ccc(NC(=S)NC2CC2)cc1OC. The molecule has 0 bridgehead atoms. The first-order valence-electron chi connectivity index (χ1n) is 5.52. The predicted octanol–water partition coefficient (Wildman–Crippen LogP) is 2.15. The summed E-state index contributed by atoms with van der Waals surface area (Å²) < 4.78 is 10.4. The second kappa shape index (κ2) is 5.23. The van der Waals surface area contributed by atoms with E-state index < -0.39 is 0 Å². The summed E-state index contributed by atoms with van der Waals surface area (Å²) in [7, 11) is 3.23. The normalized spacial score (nSPS) is 14.0. The molecule has 0 aliphatic heterocycles. The van der Waals surface area contributed by atoms with Crippen LogP contribution in [-0.2, 0) is 0 Å². The van der Waals surface area contributed by atoms with Crippen LogP contribution in [0.2, 0.25) is 0 Å². The molecule has 0 atom stereocenters. The number of methoxy groups -OCH3 is 2. The lowest BCUT2D eigenvalue weighted by Crippen LogP contribution is -2.30. The predicted molar refractivity (Wildman–Crippen MR) is 71.9 cm³/mol. The summed E-state index contributed by atoms with van der Waals surface area (Å²) in [4.78, 5) is 0. The summed E-state index contributed by atoms with van der Waals surface area (Å²) in [5.41, 5.74) is 0.890. The Bertz CT molecular complexity index is 419. The third kappa shape index (κ3) is 3.23. The fourth-order valence-electron chi connectivity index (χ4n) is 1.49. The number of rotatable bonds is 4. The van der Waals surface area contributed by atoms with Gasteiger partial charge in [-0.2, -0.15) is 0 Å². The lowest BCUT2D eigenvalue weighted by Gasteiger charge is -2.12. The molecule has 0 heterocycles. The molecule has 0 unspecified atom stereocenters. The number of nitrogens with one attached hydrogen (secondary N) is 2. The molecule has 1 saturated carbocycles. The van der Waals surface area contributed by atoms with Crippen LogP contribution >= 0.6 is 12.2 Å². The minimum absolute atomic E-state index is 0.551. The van der Waals surface area contributed by atoms with Crippen molar-refractivity contribution < 1.29 is 9.47 Å². The van der Waals surface area contributed by atoms with Gasteiger partial charge in [-0.25, -0.2) is 0 Å². The van der Waals surface area contributed by atoms with E-state index in [0.29, 0.717) is 22.7 Å². The van der Waals surface area contributed by atoms with Gasteiger partial charge in [0.25, 0.3) is 0 Å². The van der Waals surface area contributed by atoms with E-state index in [2.05, 4.69) is 10.6 Å². The highest BCUT2D eigenvalue weighted by atomic mass is 32.1. The third-order valence-corrected chi connectivity index (χ3v) is 2.77. The number of ether oxygens (including phenoxy) is 2. The maximum Gasteiger partial charge on any atom is 0.170 e. The molecule has 1 aliphatic carbocycles. The number of hydrogen-bond acceptors (Lipinski definition) is 3. The minimum atomic E-state index is 0.551. The Morgan fingerprint density at radius 2 is 1.94 bits per heavy atom. The molecule has 2 rings (SSSR count). The third-order valence-electron chi connectivity index (χ3n) is 2.55. The zero-order valence-corrected chi connectivity index (χ0v) is 10.8. The van der Waals surface area contributed by atoms with E-state index in [0.717, 1.165) is 5.69 Å². The molecule has 0 spiro atoms. The molecule has 4 nitrogen and oxygen atoms in total. The van der Waals surface area contributed by atoms with Crippen LogP contribution in [0.4, 0.5) is 5.69 Å². The molecule has 0 aromatic heterocycles. The van der Waals surface area contributed by atoms with Crippen LogP contribution in [0.5, 0.6) is 11.5 Å². The van der Waals surface area contributed by atoms with Crippen molar-refractivity contribution in [2.75, 3.05) is 19.5 Å². The zero-order valence-electron chi connectivity index (χ0n) is 9.95. The monoisotopic (exact) mass is 252 g/mol. The quantitative estimate of drug-likeness (QED) is 0.804. The molecule has 92 valence electrons. The first kappa shape index (κ1) is 12.0. The molecule has 1 aliphatic rings. The Labute approximate surface area is 106 Å². The fourth-order valence-corrected chi connectivity index (χ4v) is 1.78. The number of anilines is 1. The average Bonchev–Trinajstić information content (AvgIpc) is 3.12. The summed E-state index contributed by atoms with van der Waals surface area (Å²) in [5, 5.41) is 6.99. The van der Waals surface area contributed by atoms with Gasteiger partial charge in [0.1, 0.15) is 0 Å². The molecular weight excluding hydrogens is 236 g/mol. The van der Waals surface area contributed by atoms with Gasteiger partial charge in [0.05, 0.1) is 14.2 Å². The van der Waals surface area contributed by atoms with Gasteiger partial charge in [0.2, 0.25) is 0 Å². The van der Waals surface area contributed by atoms with Crippen molar-refractivity contribution in [2.45, 2.75) is 18.9 Å². The van der Waals surface area contributed by atoms with Gasteiger partial charge in [-0.1, -0.05) is 0 Å². The summed E-state index contributed by atoms with van der Waals surface area (Å²) >= 11 is 5.20. The molecular formula is C12H16N2O2S. The highest BCUT2D eigenvalue weighted by Crippen LogP contribution is 2.29. The molecule has 2 N–H and O–H groups in total. The Balaban J connectivity index is 2.02. The van der Waals surface area contributed by atoms with Crippen molar-refractivity contribution in [1.82, 2.24) is 5.32 Å². The van der Waals surface area contributed by atoms with Crippen molar-refractivity contribution >= 4 is 23.0 Å². The smallest absolute Gasteiger partial charge is 0.170 e. The van der Waals surface area contributed by atoms with Crippen molar-refractivity contribution in [3.63, 3.8) is 0 Å². The molecule has 0 radical (unpaired) electrons. The van der Waals surface area contributed by atoms with Crippen molar-refractivity contribution in [3.05, 3.63) is 18.2 Å². The lowest BCUT2D eigenvalue weighted by atomic mass is 10.3. The van der Waals surface area contributed by atoms with E-state index in [-0.39, 0.29) is 0 Å². The van der Waals surface area contributed by atoms with E-state index in [9.17, 15) is 0 Å². The summed E-state index contributed by atoms with van der Waals surface area (Å²) in [5.74, 6) is 1.39. The highest BCUT2D eigenvalue weighted by molar-refractivity contribution is 7.80. The highest BCUT2D eigenvalue weighted by Gasteiger charge is 2.21. The van der Waals surface area contributed by atoms with Gasteiger partial charge in [0, 0.05) is 17.8 Å². The summed E-state index contributed by atoms with van der Waals surface area (Å²) in [6.45, 7) is 0. The van der Waals surface area contributed by atoms with Crippen LogP contribution in [0.3, 0.4) is 0 Å². The van der Waals surface area contributed by atoms with Gasteiger partial charge >= 0.3 is 0 Å². The Morgan fingerprint density at radius 1 is 1.24 bits per heavy atom. The Hall–Kier alpha value is -1.49. The molecule has 17 heavy (non-hydrogen) atoms. The maximum atomic E-state index is 5.22.